The van der Waals surface area contributed by atoms with E-state index in [-0.39, 0.29) is 12.4 Å². The number of hydrogen-bond acceptors (Lipinski definition) is 4. The molecule has 0 saturated carbocycles. The number of halogens is 2. The van der Waals surface area contributed by atoms with E-state index in [1.54, 1.807) is 12.1 Å². The van der Waals surface area contributed by atoms with Crippen molar-refractivity contribution in [2.75, 3.05) is 0 Å². The van der Waals surface area contributed by atoms with Crippen LogP contribution >= 0.6 is 15.9 Å². The molecule has 0 fully saturated rings. The van der Waals surface area contributed by atoms with Gasteiger partial charge in [0.05, 0.1) is 10.2 Å². The van der Waals surface area contributed by atoms with E-state index in [0.717, 1.165) is 0 Å². The molecule has 1 heterocycles. The number of hydrogen-bond donors (Lipinski definition) is 1. The summed E-state index contributed by atoms with van der Waals surface area (Å²) in [5.41, 5.74) is 6.40. The number of benzene rings is 1. The zero-order chi connectivity index (χ0) is 10.8. The van der Waals surface area contributed by atoms with E-state index in [9.17, 15) is 4.39 Å². The second kappa shape index (κ2) is 4.03. The summed E-state index contributed by atoms with van der Waals surface area (Å²) in [5.74, 6) is -0.384. The molecule has 0 radical (unpaired) electrons. The third kappa shape index (κ3) is 1.75. The number of aromatic nitrogens is 4. The SMILES string of the molecule is NCc1c(-n2cnnn2)ccc(Br)c1F. The molecule has 0 saturated heterocycles. The van der Waals surface area contributed by atoms with E-state index in [0.29, 0.717) is 15.7 Å². The van der Waals surface area contributed by atoms with Crippen molar-refractivity contribution in [3.05, 3.63) is 34.3 Å². The summed E-state index contributed by atoms with van der Waals surface area (Å²) in [7, 11) is 0. The lowest BCUT2D eigenvalue weighted by molar-refractivity contribution is 0.599. The summed E-state index contributed by atoms with van der Waals surface area (Å²) >= 11 is 3.09. The summed E-state index contributed by atoms with van der Waals surface area (Å²) < 4.78 is 15.4. The predicted octanol–water partition coefficient (Wildman–Crippen LogP) is 1.02. The molecule has 7 heteroatoms. The molecule has 0 atom stereocenters. The van der Waals surface area contributed by atoms with E-state index in [2.05, 4.69) is 31.5 Å². The topological polar surface area (TPSA) is 69.6 Å². The summed E-state index contributed by atoms with van der Waals surface area (Å²) in [4.78, 5) is 0. The van der Waals surface area contributed by atoms with Crippen LogP contribution in [0.25, 0.3) is 5.69 Å². The highest BCUT2D eigenvalue weighted by Crippen LogP contribution is 2.23. The van der Waals surface area contributed by atoms with Gasteiger partial charge in [0.15, 0.2) is 0 Å². The third-order valence-electron chi connectivity index (χ3n) is 1.97. The van der Waals surface area contributed by atoms with E-state index in [1.165, 1.54) is 11.0 Å². The van der Waals surface area contributed by atoms with Crippen LogP contribution in [-0.4, -0.2) is 20.2 Å². The fourth-order valence-electron chi connectivity index (χ4n) is 1.26. The highest BCUT2D eigenvalue weighted by atomic mass is 79.9. The molecule has 0 aliphatic carbocycles. The standard InChI is InChI=1S/C8H7BrFN5/c9-6-1-2-7(5(3-11)8(6)10)15-4-12-13-14-15/h1-2,4H,3,11H2. The summed E-state index contributed by atoms with van der Waals surface area (Å²) in [6, 6.07) is 3.29. The van der Waals surface area contributed by atoms with Gasteiger partial charge in [0.1, 0.15) is 12.1 Å². The zero-order valence-electron chi connectivity index (χ0n) is 7.56. The van der Waals surface area contributed by atoms with Crippen LogP contribution in [0.3, 0.4) is 0 Å². The van der Waals surface area contributed by atoms with E-state index in [4.69, 9.17) is 5.73 Å². The van der Waals surface area contributed by atoms with Gasteiger partial charge in [-0.05, 0) is 38.5 Å². The molecule has 15 heavy (non-hydrogen) atoms. The van der Waals surface area contributed by atoms with Crippen LogP contribution in [0.4, 0.5) is 4.39 Å². The highest BCUT2D eigenvalue weighted by Gasteiger charge is 2.12. The van der Waals surface area contributed by atoms with E-state index >= 15 is 0 Å². The van der Waals surface area contributed by atoms with Crippen molar-refractivity contribution in [1.82, 2.24) is 20.2 Å². The minimum atomic E-state index is -0.384. The Balaban J connectivity index is 2.62. The average Bonchev–Trinajstić information content (AvgIpc) is 2.75. The predicted molar refractivity (Wildman–Crippen MR) is 54.7 cm³/mol. The Morgan fingerprint density at radius 3 is 2.87 bits per heavy atom. The zero-order valence-corrected chi connectivity index (χ0v) is 9.15. The van der Waals surface area contributed by atoms with Gasteiger partial charge in [0.25, 0.3) is 0 Å². The van der Waals surface area contributed by atoms with Gasteiger partial charge >= 0.3 is 0 Å². The van der Waals surface area contributed by atoms with E-state index < -0.39 is 0 Å². The Hall–Kier alpha value is -1.34. The van der Waals surface area contributed by atoms with Crippen molar-refractivity contribution in [3.8, 4) is 5.69 Å². The number of rotatable bonds is 2. The van der Waals surface area contributed by atoms with Crippen LogP contribution in [0, 0.1) is 5.82 Å². The van der Waals surface area contributed by atoms with Gasteiger partial charge in [-0.25, -0.2) is 9.07 Å². The Morgan fingerprint density at radius 1 is 1.47 bits per heavy atom. The lowest BCUT2D eigenvalue weighted by atomic mass is 10.1. The minimum absolute atomic E-state index is 0.0838. The molecule has 78 valence electrons. The second-order valence-corrected chi connectivity index (χ2v) is 3.67. The van der Waals surface area contributed by atoms with Gasteiger partial charge in [-0.2, -0.15) is 0 Å². The lowest BCUT2D eigenvalue weighted by Gasteiger charge is -2.08. The van der Waals surface area contributed by atoms with Gasteiger partial charge in [-0.3, -0.25) is 0 Å². The summed E-state index contributed by atoms with van der Waals surface area (Å²) in [5, 5.41) is 10.7. The quantitative estimate of drug-likeness (QED) is 0.886. The maximum atomic E-state index is 13.6. The molecule has 0 spiro atoms. The molecular formula is C8H7BrFN5. The first-order chi connectivity index (χ1) is 7.24. The van der Waals surface area contributed by atoms with Crippen LogP contribution in [0.5, 0.6) is 0 Å². The van der Waals surface area contributed by atoms with Crippen LogP contribution < -0.4 is 5.73 Å². The molecule has 0 amide bonds. The molecule has 2 rings (SSSR count). The third-order valence-corrected chi connectivity index (χ3v) is 2.58. The highest BCUT2D eigenvalue weighted by molar-refractivity contribution is 9.10. The normalized spacial score (nSPS) is 10.6. The van der Waals surface area contributed by atoms with Gasteiger partial charge in [0.2, 0.25) is 0 Å². The molecular weight excluding hydrogens is 265 g/mol. The average molecular weight is 272 g/mol. The molecule has 1 aromatic heterocycles. The first-order valence-corrected chi connectivity index (χ1v) is 4.93. The number of nitrogens with two attached hydrogens (primary N) is 1. The monoisotopic (exact) mass is 271 g/mol. The molecule has 0 aliphatic heterocycles. The van der Waals surface area contributed by atoms with Gasteiger partial charge in [0, 0.05) is 12.1 Å². The van der Waals surface area contributed by atoms with Crippen LogP contribution in [0.15, 0.2) is 22.9 Å². The molecule has 0 unspecified atom stereocenters. The fraction of sp³-hybridized carbons (Fsp3) is 0.125. The molecule has 2 N–H and O–H groups in total. The smallest absolute Gasteiger partial charge is 0.144 e. The van der Waals surface area contributed by atoms with E-state index in [1.807, 2.05) is 0 Å². The maximum absolute atomic E-state index is 13.6. The summed E-state index contributed by atoms with van der Waals surface area (Å²) in [6.07, 6.45) is 1.39. The van der Waals surface area contributed by atoms with Crippen LogP contribution in [0.2, 0.25) is 0 Å². The van der Waals surface area contributed by atoms with Gasteiger partial charge in [-0.1, -0.05) is 0 Å². The fourth-order valence-corrected chi connectivity index (χ4v) is 1.63. The first-order valence-electron chi connectivity index (χ1n) is 4.14. The Labute approximate surface area is 93.2 Å². The number of tetrazole rings is 1. The van der Waals surface area contributed by atoms with Crippen LogP contribution in [0.1, 0.15) is 5.56 Å². The molecule has 2 aromatic rings. The van der Waals surface area contributed by atoms with Gasteiger partial charge in [-0.15, -0.1) is 5.10 Å². The van der Waals surface area contributed by atoms with Gasteiger partial charge < -0.3 is 5.73 Å². The molecule has 0 aliphatic rings. The van der Waals surface area contributed by atoms with Crippen molar-refractivity contribution in [3.63, 3.8) is 0 Å². The Bertz CT molecular complexity index is 470. The van der Waals surface area contributed by atoms with Crippen molar-refractivity contribution >= 4 is 15.9 Å². The van der Waals surface area contributed by atoms with Crippen molar-refractivity contribution in [1.29, 1.82) is 0 Å². The maximum Gasteiger partial charge on any atom is 0.144 e. The Morgan fingerprint density at radius 2 is 2.27 bits per heavy atom. The van der Waals surface area contributed by atoms with Crippen molar-refractivity contribution in [2.24, 2.45) is 5.73 Å². The summed E-state index contributed by atoms with van der Waals surface area (Å²) in [6.45, 7) is 0.0838. The first kappa shape index (κ1) is 10.2. The second-order valence-electron chi connectivity index (χ2n) is 2.82. The Kier molecular flexibility index (Phi) is 2.74. The largest absolute Gasteiger partial charge is 0.326 e. The van der Waals surface area contributed by atoms with Crippen molar-refractivity contribution in [2.45, 2.75) is 6.54 Å². The molecule has 5 nitrogen and oxygen atoms in total. The molecule has 0 bridgehead atoms. The number of nitrogens with zero attached hydrogens (tertiary/aromatic N) is 4. The lowest BCUT2D eigenvalue weighted by Crippen LogP contribution is -2.08. The van der Waals surface area contributed by atoms with Crippen LogP contribution in [-0.2, 0) is 6.54 Å². The molecule has 1 aromatic carbocycles. The minimum Gasteiger partial charge on any atom is -0.326 e. The van der Waals surface area contributed by atoms with Crippen molar-refractivity contribution < 1.29 is 4.39 Å².